The van der Waals surface area contributed by atoms with Crippen molar-refractivity contribution < 1.29 is 32.9 Å². The Kier molecular flexibility index (Phi) is 31.2. The van der Waals surface area contributed by atoms with Gasteiger partial charge in [0.1, 0.15) is 13.2 Å². The average Bonchev–Trinajstić information content (AvgIpc) is 3.03. The third kappa shape index (κ3) is 33.5. The van der Waals surface area contributed by atoms with E-state index in [9.17, 15) is 19.4 Å². The highest BCUT2D eigenvalue weighted by Crippen LogP contribution is 2.43. The lowest BCUT2D eigenvalue weighted by atomic mass is 10.0. The van der Waals surface area contributed by atoms with Gasteiger partial charge in [-0.05, 0) is 25.7 Å². The number of nitrogens with one attached hydrogen (secondary N) is 1. The average molecular weight is 702 g/mol. The highest BCUT2D eigenvalue weighted by Gasteiger charge is 2.27. The van der Waals surface area contributed by atoms with E-state index in [-0.39, 0.29) is 25.5 Å². The molecule has 1 amide bonds. The lowest BCUT2D eigenvalue weighted by Crippen LogP contribution is -2.45. The van der Waals surface area contributed by atoms with Crippen molar-refractivity contribution in [1.29, 1.82) is 0 Å². The molecule has 0 aromatic heterocycles. The first-order chi connectivity index (χ1) is 23.0. The molecule has 9 heteroatoms. The lowest BCUT2D eigenvalue weighted by molar-refractivity contribution is -0.870. The van der Waals surface area contributed by atoms with E-state index in [1.807, 2.05) is 27.2 Å². The molecule has 0 fully saturated rings. The highest BCUT2D eigenvalue weighted by atomic mass is 31.2. The third-order valence-corrected chi connectivity index (χ3v) is 9.72. The minimum Gasteiger partial charge on any atom is -0.387 e. The van der Waals surface area contributed by atoms with Crippen molar-refractivity contribution in [3.05, 3.63) is 24.3 Å². The van der Waals surface area contributed by atoms with Crippen LogP contribution >= 0.6 is 7.82 Å². The number of phosphoric acid groups is 1. The fraction of sp³-hybridized carbons (Fsp3) is 0.872. The van der Waals surface area contributed by atoms with Crippen molar-refractivity contribution in [1.82, 2.24) is 5.32 Å². The Bertz CT molecular complexity index is 845. The van der Waals surface area contributed by atoms with Crippen LogP contribution in [0, 0.1) is 0 Å². The Labute approximate surface area is 296 Å². The second kappa shape index (κ2) is 31.9. The number of rotatable bonds is 35. The van der Waals surface area contributed by atoms with E-state index < -0.39 is 20.0 Å². The Morgan fingerprint density at radius 2 is 1.12 bits per heavy atom. The molecule has 0 saturated heterocycles. The van der Waals surface area contributed by atoms with E-state index >= 15 is 0 Å². The maximum Gasteiger partial charge on any atom is 0.472 e. The Balaban J connectivity index is 3.83. The zero-order valence-electron chi connectivity index (χ0n) is 32.0. The minimum atomic E-state index is -4.30. The van der Waals surface area contributed by atoms with E-state index in [0.29, 0.717) is 11.0 Å². The quantitative estimate of drug-likeness (QED) is 0.0263. The molecular formula is C39H78N2O6P+. The number of nitrogens with zero attached hydrogens (tertiary/aromatic N) is 1. The molecule has 8 nitrogen and oxygen atoms in total. The molecule has 0 aliphatic carbocycles. The topological polar surface area (TPSA) is 105 Å². The molecule has 0 saturated carbocycles. The van der Waals surface area contributed by atoms with Crippen molar-refractivity contribution >= 4 is 13.7 Å². The number of likely N-dealkylation sites (N-methyl/N-ethyl adjacent to an activating group) is 1. The number of phosphoric ester groups is 1. The molecule has 0 bridgehead atoms. The summed E-state index contributed by atoms with van der Waals surface area (Å²) in [5.74, 6) is -0.275. The number of carbonyl (C=O) groups is 1. The Hall–Kier alpha value is -1.02. The van der Waals surface area contributed by atoms with Gasteiger partial charge in [-0.1, -0.05) is 160 Å². The Morgan fingerprint density at radius 3 is 1.58 bits per heavy atom. The van der Waals surface area contributed by atoms with Gasteiger partial charge in [0.2, 0.25) is 5.91 Å². The van der Waals surface area contributed by atoms with Crippen LogP contribution < -0.4 is 5.32 Å². The van der Waals surface area contributed by atoms with Gasteiger partial charge in [-0.25, -0.2) is 4.57 Å². The zero-order chi connectivity index (χ0) is 35.8. The molecule has 48 heavy (non-hydrogen) atoms. The number of unbranched alkanes of at least 4 members (excludes halogenated alkanes) is 21. The van der Waals surface area contributed by atoms with Crippen LogP contribution in [0.3, 0.4) is 0 Å². The molecule has 0 heterocycles. The first-order valence-electron chi connectivity index (χ1n) is 19.7. The number of aliphatic hydroxyl groups excluding tert-OH is 1. The van der Waals surface area contributed by atoms with Crippen LogP contribution in [0.25, 0.3) is 0 Å². The van der Waals surface area contributed by atoms with Gasteiger partial charge in [0, 0.05) is 6.42 Å². The fourth-order valence-electron chi connectivity index (χ4n) is 5.49. The number of allylic oxidation sites excluding steroid dienone is 3. The second-order valence-electron chi connectivity index (χ2n) is 14.6. The monoisotopic (exact) mass is 702 g/mol. The van der Waals surface area contributed by atoms with Gasteiger partial charge in [0.05, 0.1) is 39.9 Å². The summed E-state index contributed by atoms with van der Waals surface area (Å²) in [4.78, 5) is 21.9. The number of carbonyl (C=O) groups excluding carboxylic acids is 1. The molecule has 0 aromatic carbocycles. The minimum absolute atomic E-state index is 0.0544. The van der Waals surface area contributed by atoms with Crippen molar-refractivity contribution in [2.75, 3.05) is 40.9 Å². The zero-order valence-corrected chi connectivity index (χ0v) is 32.9. The van der Waals surface area contributed by atoms with E-state index in [1.165, 1.54) is 128 Å². The van der Waals surface area contributed by atoms with Gasteiger partial charge in [0.25, 0.3) is 0 Å². The van der Waals surface area contributed by atoms with Gasteiger partial charge in [-0.15, -0.1) is 0 Å². The predicted molar refractivity (Wildman–Crippen MR) is 203 cm³/mol. The van der Waals surface area contributed by atoms with E-state index in [2.05, 4.69) is 24.4 Å². The summed E-state index contributed by atoms with van der Waals surface area (Å²) in [6.07, 6.45) is 37.8. The molecule has 3 unspecified atom stereocenters. The van der Waals surface area contributed by atoms with Crippen LogP contribution in [0.1, 0.15) is 168 Å². The van der Waals surface area contributed by atoms with Crippen LogP contribution in [-0.2, 0) is 18.4 Å². The molecule has 0 spiro atoms. The second-order valence-corrected chi connectivity index (χ2v) is 16.1. The van der Waals surface area contributed by atoms with Crippen LogP contribution in [0.2, 0.25) is 0 Å². The molecule has 3 N–H and O–H groups in total. The first-order valence-corrected chi connectivity index (χ1v) is 21.2. The van der Waals surface area contributed by atoms with Crippen molar-refractivity contribution in [3.8, 4) is 0 Å². The summed E-state index contributed by atoms with van der Waals surface area (Å²) in [5.41, 5.74) is 0. The largest absolute Gasteiger partial charge is 0.472 e. The molecule has 0 aromatic rings. The van der Waals surface area contributed by atoms with E-state index in [1.54, 1.807) is 13.0 Å². The van der Waals surface area contributed by atoms with Gasteiger partial charge < -0.3 is 19.8 Å². The van der Waals surface area contributed by atoms with E-state index in [4.69, 9.17) is 9.05 Å². The van der Waals surface area contributed by atoms with Crippen LogP contribution in [0.4, 0.5) is 0 Å². The van der Waals surface area contributed by atoms with Crippen molar-refractivity contribution in [3.63, 3.8) is 0 Å². The van der Waals surface area contributed by atoms with Crippen molar-refractivity contribution in [2.45, 2.75) is 180 Å². The standard InChI is InChI=1S/C39H77N2O6P/c1-6-8-9-10-11-12-13-14-15-16-17-18-19-20-21-22-23-24-25-26-27-28-29-30-31-32-33-38(42)37(40-39(43)7-2)36-47-48(44,45)46-35-34-41(3,4)5/h28-29,32-33,37-38,42H,6-27,30-31,34-36H2,1-5H3,(H-,40,43,44,45)/p+1/b29-28+,33-32+. The number of hydrogen-bond donors (Lipinski definition) is 3. The number of hydrogen-bond acceptors (Lipinski definition) is 5. The Morgan fingerprint density at radius 1 is 0.688 bits per heavy atom. The summed E-state index contributed by atoms with van der Waals surface area (Å²) in [7, 11) is 1.55. The summed E-state index contributed by atoms with van der Waals surface area (Å²) in [6, 6.07) is -0.856. The molecule has 284 valence electrons. The highest BCUT2D eigenvalue weighted by molar-refractivity contribution is 7.47. The number of aliphatic hydroxyl groups is 1. The maximum atomic E-state index is 12.2. The first kappa shape index (κ1) is 47.0. The van der Waals surface area contributed by atoms with Gasteiger partial charge >= 0.3 is 7.82 Å². The molecule has 0 aliphatic rings. The van der Waals surface area contributed by atoms with E-state index in [0.717, 1.165) is 19.3 Å². The predicted octanol–water partition coefficient (Wildman–Crippen LogP) is 10.2. The third-order valence-electron chi connectivity index (χ3n) is 8.74. The molecule has 0 rings (SSSR count). The number of amides is 1. The summed E-state index contributed by atoms with van der Waals surface area (Å²) in [5, 5.41) is 13.3. The van der Waals surface area contributed by atoms with Crippen LogP contribution in [-0.4, -0.2) is 73.4 Å². The molecular weight excluding hydrogens is 623 g/mol. The smallest absolute Gasteiger partial charge is 0.387 e. The van der Waals surface area contributed by atoms with Crippen LogP contribution in [0.15, 0.2) is 24.3 Å². The fourth-order valence-corrected chi connectivity index (χ4v) is 6.23. The van der Waals surface area contributed by atoms with Gasteiger partial charge in [-0.3, -0.25) is 13.8 Å². The summed E-state index contributed by atoms with van der Waals surface area (Å²) in [6.45, 7) is 4.24. The molecule has 3 atom stereocenters. The van der Waals surface area contributed by atoms with Gasteiger partial charge in [0.15, 0.2) is 0 Å². The normalized spacial score (nSPS) is 14.9. The van der Waals surface area contributed by atoms with Gasteiger partial charge in [-0.2, -0.15) is 0 Å². The maximum absolute atomic E-state index is 12.2. The molecule has 0 aliphatic heterocycles. The molecule has 0 radical (unpaired) electrons. The van der Waals surface area contributed by atoms with Crippen molar-refractivity contribution in [2.24, 2.45) is 0 Å². The lowest BCUT2D eigenvalue weighted by Gasteiger charge is -2.25. The SMILES string of the molecule is CCCCCCCCCCCCCCCCCCCCCC/C=C/CC/C=C/C(O)C(COP(=O)(O)OCC[N+](C)(C)C)NC(=O)CC. The number of quaternary nitrogens is 1. The van der Waals surface area contributed by atoms with Crippen LogP contribution in [0.5, 0.6) is 0 Å². The summed E-state index contributed by atoms with van der Waals surface area (Å²) >= 11 is 0. The summed E-state index contributed by atoms with van der Waals surface area (Å²) < 4.78 is 23.0.